The van der Waals surface area contributed by atoms with Crippen LogP contribution in [0.2, 0.25) is 0 Å². The molecule has 16 heavy (non-hydrogen) atoms. The average molecular weight is 242 g/mol. The Balaban J connectivity index is 2.81. The van der Waals surface area contributed by atoms with Crippen molar-refractivity contribution in [1.82, 2.24) is 4.31 Å². The number of hydrogen-bond acceptors (Lipinski definition) is 3. The molecule has 1 aliphatic rings. The molecule has 0 N–H and O–H groups in total. The summed E-state index contributed by atoms with van der Waals surface area (Å²) in [5, 5.41) is 7.92. The van der Waals surface area contributed by atoms with E-state index in [1.54, 1.807) is 13.0 Å². The molecule has 1 saturated carbocycles. The van der Waals surface area contributed by atoms with Gasteiger partial charge in [0.05, 0.1) is 6.07 Å². The third-order valence-corrected chi connectivity index (χ3v) is 4.90. The van der Waals surface area contributed by atoms with Gasteiger partial charge in [0.2, 0.25) is 10.0 Å². The fourth-order valence-corrected chi connectivity index (χ4v) is 3.21. The summed E-state index contributed by atoms with van der Waals surface area (Å²) >= 11 is 0. The van der Waals surface area contributed by atoms with E-state index in [0.29, 0.717) is 25.4 Å². The normalized spacial score (nSPS) is 18.1. The Hall–Kier alpha value is -0.860. The molecule has 0 aliphatic heterocycles. The second kappa shape index (κ2) is 5.46. The van der Waals surface area contributed by atoms with Gasteiger partial charge < -0.3 is 0 Å². The zero-order valence-corrected chi connectivity index (χ0v) is 10.4. The van der Waals surface area contributed by atoms with Gasteiger partial charge in [-0.2, -0.15) is 9.57 Å². The first-order chi connectivity index (χ1) is 7.56. The largest absolute Gasteiger partial charge is 0.230 e. The maximum atomic E-state index is 12.1. The van der Waals surface area contributed by atoms with Gasteiger partial charge in [-0.3, -0.25) is 0 Å². The van der Waals surface area contributed by atoms with Crippen LogP contribution in [0.4, 0.5) is 0 Å². The minimum absolute atomic E-state index is 0.303. The van der Waals surface area contributed by atoms with Gasteiger partial charge in [0, 0.05) is 13.1 Å². The van der Waals surface area contributed by atoms with Crippen molar-refractivity contribution in [3.8, 4) is 6.07 Å². The molecule has 0 saturated heterocycles. The van der Waals surface area contributed by atoms with Gasteiger partial charge in [-0.1, -0.05) is 13.0 Å². The zero-order chi connectivity index (χ0) is 12.2. The van der Waals surface area contributed by atoms with Crippen LogP contribution in [0.3, 0.4) is 0 Å². The third kappa shape index (κ3) is 3.06. The molecule has 4 nitrogen and oxygen atoms in total. The number of rotatable bonds is 7. The highest BCUT2D eigenvalue weighted by Crippen LogP contribution is 2.31. The first-order valence-corrected chi connectivity index (χ1v) is 7.06. The van der Waals surface area contributed by atoms with Crippen LogP contribution in [0.15, 0.2) is 12.7 Å². The maximum Gasteiger partial charge on any atom is 0.230 e. The topological polar surface area (TPSA) is 61.2 Å². The van der Waals surface area contributed by atoms with E-state index in [9.17, 15) is 8.42 Å². The van der Waals surface area contributed by atoms with Gasteiger partial charge in [-0.05, 0) is 25.2 Å². The quantitative estimate of drug-likeness (QED) is 0.636. The smallest absolute Gasteiger partial charge is 0.211 e. The van der Waals surface area contributed by atoms with E-state index >= 15 is 0 Å². The monoisotopic (exact) mass is 242 g/mol. The molecule has 0 aromatic carbocycles. The van der Waals surface area contributed by atoms with E-state index in [1.807, 2.05) is 6.07 Å². The SMILES string of the molecule is C=CCN(CC1CC1)S(=O)(=O)[C@H](C#N)CC. The Morgan fingerprint density at radius 3 is 2.62 bits per heavy atom. The number of nitrogens with zero attached hydrogens (tertiary/aromatic N) is 2. The lowest BCUT2D eigenvalue weighted by atomic mass is 10.4. The van der Waals surface area contributed by atoms with Crippen molar-refractivity contribution in [2.24, 2.45) is 5.92 Å². The molecule has 0 radical (unpaired) electrons. The predicted octanol–water partition coefficient (Wildman–Crippen LogP) is 1.52. The minimum Gasteiger partial charge on any atom is -0.211 e. The van der Waals surface area contributed by atoms with Crippen molar-refractivity contribution in [3.63, 3.8) is 0 Å². The van der Waals surface area contributed by atoms with E-state index in [1.165, 1.54) is 4.31 Å². The van der Waals surface area contributed by atoms with Crippen LogP contribution in [0.5, 0.6) is 0 Å². The molecule has 5 heteroatoms. The first-order valence-electron chi connectivity index (χ1n) is 5.55. The third-order valence-electron chi connectivity index (χ3n) is 2.73. The van der Waals surface area contributed by atoms with Gasteiger partial charge in [-0.25, -0.2) is 8.42 Å². The first kappa shape index (κ1) is 13.2. The van der Waals surface area contributed by atoms with Crippen LogP contribution in [0, 0.1) is 17.2 Å². The van der Waals surface area contributed by atoms with Gasteiger partial charge in [0.15, 0.2) is 5.25 Å². The molecule has 0 spiro atoms. The molecule has 1 fully saturated rings. The van der Waals surface area contributed by atoms with Crippen LogP contribution in [0.25, 0.3) is 0 Å². The Morgan fingerprint density at radius 2 is 2.25 bits per heavy atom. The van der Waals surface area contributed by atoms with Gasteiger partial charge >= 0.3 is 0 Å². The second-order valence-electron chi connectivity index (χ2n) is 4.12. The lowest BCUT2D eigenvalue weighted by Gasteiger charge is -2.22. The van der Waals surface area contributed by atoms with Gasteiger partial charge in [0.25, 0.3) is 0 Å². The van der Waals surface area contributed by atoms with Crippen LogP contribution in [0.1, 0.15) is 26.2 Å². The Bertz CT molecular complexity index is 379. The predicted molar refractivity (Wildman–Crippen MR) is 63.1 cm³/mol. The molecule has 0 bridgehead atoms. The number of nitriles is 1. The van der Waals surface area contributed by atoms with E-state index in [0.717, 1.165) is 12.8 Å². The zero-order valence-electron chi connectivity index (χ0n) is 9.59. The standard InChI is InChI=1S/C11H18N2O2S/c1-3-7-13(9-10-5-6-10)16(14,15)11(4-2)8-12/h3,10-11H,1,4-7,9H2,2H3/t11-/m0/s1. The van der Waals surface area contributed by atoms with Crippen molar-refractivity contribution >= 4 is 10.0 Å². The summed E-state index contributed by atoms with van der Waals surface area (Å²) in [5.74, 6) is 0.478. The highest BCUT2D eigenvalue weighted by molar-refractivity contribution is 7.90. The summed E-state index contributed by atoms with van der Waals surface area (Å²) in [4.78, 5) is 0. The number of sulfonamides is 1. The van der Waals surface area contributed by atoms with Crippen molar-refractivity contribution in [2.45, 2.75) is 31.4 Å². The fourth-order valence-electron chi connectivity index (χ4n) is 1.56. The highest BCUT2D eigenvalue weighted by Gasteiger charge is 2.34. The van der Waals surface area contributed by atoms with E-state index in [-0.39, 0.29) is 0 Å². The summed E-state index contributed by atoms with van der Waals surface area (Å²) in [6, 6.07) is 1.86. The maximum absolute atomic E-state index is 12.1. The van der Waals surface area contributed by atoms with Crippen LogP contribution in [-0.4, -0.2) is 31.1 Å². The average Bonchev–Trinajstić information content (AvgIpc) is 3.02. The summed E-state index contributed by atoms with van der Waals surface area (Å²) < 4.78 is 25.6. The lowest BCUT2D eigenvalue weighted by Crippen LogP contribution is -2.39. The summed E-state index contributed by atoms with van der Waals surface area (Å²) in [5.41, 5.74) is 0. The minimum atomic E-state index is -3.48. The van der Waals surface area contributed by atoms with Crippen molar-refractivity contribution in [3.05, 3.63) is 12.7 Å². The molecule has 0 aromatic rings. The van der Waals surface area contributed by atoms with Crippen LogP contribution >= 0.6 is 0 Å². The molecule has 90 valence electrons. The molecule has 1 atom stereocenters. The molecule has 1 rings (SSSR count). The van der Waals surface area contributed by atoms with Gasteiger partial charge in [-0.15, -0.1) is 6.58 Å². The van der Waals surface area contributed by atoms with E-state index in [4.69, 9.17) is 5.26 Å². The second-order valence-corrected chi connectivity index (χ2v) is 6.24. The fraction of sp³-hybridized carbons (Fsp3) is 0.727. The molecular formula is C11H18N2O2S. The highest BCUT2D eigenvalue weighted by atomic mass is 32.2. The molecule has 1 aliphatic carbocycles. The van der Waals surface area contributed by atoms with Crippen molar-refractivity contribution in [2.75, 3.05) is 13.1 Å². The molecule has 0 amide bonds. The van der Waals surface area contributed by atoms with Crippen LogP contribution < -0.4 is 0 Å². The van der Waals surface area contributed by atoms with Crippen LogP contribution in [-0.2, 0) is 10.0 Å². The summed E-state index contributed by atoms with van der Waals surface area (Å²) in [6.45, 7) is 6.12. The van der Waals surface area contributed by atoms with Gasteiger partial charge in [0.1, 0.15) is 0 Å². The molecule has 0 heterocycles. The summed E-state index contributed by atoms with van der Waals surface area (Å²) in [7, 11) is -3.48. The molecular weight excluding hydrogens is 224 g/mol. The Labute approximate surface area is 97.6 Å². The van der Waals surface area contributed by atoms with Crippen molar-refractivity contribution in [1.29, 1.82) is 5.26 Å². The number of hydrogen-bond donors (Lipinski definition) is 0. The Kier molecular flexibility index (Phi) is 4.51. The summed E-state index contributed by atoms with van der Waals surface area (Å²) in [6.07, 6.45) is 4.08. The van der Waals surface area contributed by atoms with E-state index in [2.05, 4.69) is 6.58 Å². The molecule has 0 unspecified atom stereocenters. The lowest BCUT2D eigenvalue weighted by molar-refractivity contribution is 0.421. The molecule has 0 aromatic heterocycles. The van der Waals surface area contributed by atoms with E-state index < -0.39 is 15.3 Å². The van der Waals surface area contributed by atoms with Crippen molar-refractivity contribution < 1.29 is 8.42 Å². The Morgan fingerprint density at radius 1 is 1.62 bits per heavy atom.